The van der Waals surface area contributed by atoms with E-state index in [0.717, 1.165) is 13.0 Å². The van der Waals surface area contributed by atoms with Crippen molar-refractivity contribution in [3.05, 3.63) is 28.2 Å². The molecule has 0 bridgehead atoms. The van der Waals surface area contributed by atoms with Gasteiger partial charge in [-0.05, 0) is 79.6 Å². The molecule has 106 valence electrons. The smallest absolute Gasteiger partial charge is 0.0515 e. The molecule has 1 saturated heterocycles. The van der Waals surface area contributed by atoms with Crippen molar-refractivity contribution in [1.82, 2.24) is 0 Å². The van der Waals surface area contributed by atoms with Gasteiger partial charge in [0.1, 0.15) is 0 Å². The number of aryl methyl sites for hydroxylation is 1. The largest absolute Gasteiger partial charge is 0.396 e. The number of nitrogens with zero attached hydrogens (tertiary/aromatic N) is 1. The maximum absolute atomic E-state index is 9.27. The van der Waals surface area contributed by atoms with Crippen LogP contribution in [0.5, 0.6) is 0 Å². The van der Waals surface area contributed by atoms with Crippen LogP contribution in [0, 0.1) is 12.8 Å². The minimum absolute atomic E-state index is 0.0960. The van der Waals surface area contributed by atoms with Crippen molar-refractivity contribution in [1.29, 1.82) is 0 Å². The molecule has 2 nitrogen and oxygen atoms in total. The number of hydrogen-bond acceptors (Lipinski definition) is 2. The Labute approximate surface area is 124 Å². The highest BCUT2D eigenvalue weighted by atomic mass is 79.9. The molecule has 1 heterocycles. The van der Waals surface area contributed by atoms with Crippen molar-refractivity contribution in [3.8, 4) is 0 Å². The monoisotopic (exact) mass is 325 g/mol. The lowest BCUT2D eigenvalue weighted by molar-refractivity contribution is 0.176. The van der Waals surface area contributed by atoms with E-state index in [2.05, 4.69) is 59.8 Å². The van der Waals surface area contributed by atoms with Crippen molar-refractivity contribution in [2.45, 2.75) is 45.6 Å². The highest BCUT2D eigenvalue weighted by Gasteiger charge is 2.38. The third-order valence-electron chi connectivity index (χ3n) is 4.50. The quantitative estimate of drug-likeness (QED) is 0.902. The molecule has 0 aromatic heterocycles. The fourth-order valence-electron chi connectivity index (χ4n) is 3.27. The molecule has 0 aliphatic carbocycles. The van der Waals surface area contributed by atoms with E-state index in [-0.39, 0.29) is 12.1 Å². The number of hydrogen-bond donors (Lipinski definition) is 1. The zero-order valence-corrected chi connectivity index (χ0v) is 13.7. The predicted octanol–water partition coefficient (Wildman–Crippen LogP) is 4.13. The second kappa shape index (κ2) is 5.84. The Bertz CT molecular complexity index is 442. The maximum atomic E-state index is 9.27. The summed E-state index contributed by atoms with van der Waals surface area (Å²) in [5, 5.41) is 9.27. The van der Waals surface area contributed by atoms with E-state index in [4.69, 9.17) is 0 Å². The van der Waals surface area contributed by atoms with Crippen molar-refractivity contribution < 1.29 is 5.11 Å². The van der Waals surface area contributed by atoms with Gasteiger partial charge in [0.15, 0.2) is 0 Å². The molecule has 0 saturated carbocycles. The summed E-state index contributed by atoms with van der Waals surface area (Å²) in [6.07, 6.45) is 3.31. The van der Waals surface area contributed by atoms with Crippen LogP contribution in [0.25, 0.3) is 0 Å². The van der Waals surface area contributed by atoms with Gasteiger partial charge in [-0.1, -0.05) is 6.07 Å². The molecular formula is C16H24BrNO. The molecule has 1 aromatic rings. The molecule has 0 spiro atoms. The summed E-state index contributed by atoms with van der Waals surface area (Å²) >= 11 is 3.70. The van der Waals surface area contributed by atoms with Crippen LogP contribution in [-0.4, -0.2) is 23.8 Å². The van der Waals surface area contributed by atoms with E-state index >= 15 is 0 Å². The van der Waals surface area contributed by atoms with Gasteiger partial charge in [-0.3, -0.25) is 0 Å². The molecule has 19 heavy (non-hydrogen) atoms. The molecule has 1 aromatic carbocycles. The number of aliphatic hydroxyl groups excluding tert-OH is 1. The molecule has 1 N–H and O–H groups in total. The van der Waals surface area contributed by atoms with Crippen molar-refractivity contribution in [2.24, 2.45) is 5.92 Å². The molecule has 1 atom stereocenters. The Kier molecular flexibility index (Phi) is 4.57. The topological polar surface area (TPSA) is 23.5 Å². The van der Waals surface area contributed by atoms with Crippen LogP contribution in [0.15, 0.2) is 22.7 Å². The van der Waals surface area contributed by atoms with E-state index in [1.165, 1.54) is 28.6 Å². The van der Waals surface area contributed by atoms with Crippen LogP contribution in [0.1, 0.15) is 38.7 Å². The highest BCUT2D eigenvalue weighted by Crippen LogP contribution is 2.41. The molecule has 1 fully saturated rings. The van der Waals surface area contributed by atoms with Gasteiger partial charge in [0, 0.05) is 23.2 Å². The standard InChI is InChI=1S/C16H24BrNO/c1-12-6-7-15(14(17)11-12)18-9-4-5-13(8-10-19)16(18,2)3/h6-7,11,13,19H,4-5,8-10H2,1-3H3. The Morgan fingerprint density at radius 2 is 2.16 bits per heavy atom. The Morgan fingerprint density at radius 1 is 1.42 bits per heavy atom. The third-order valence-corrected chi connectivity index (χ3v) is 5.14. The first kappa shape index (κ1) is 14.9. The second-order valence-electron chi connectivity index (χ2n) is 6.11. The highest BCUT2D eigenvalue weighted by molar-refractivity contribution is 9.10. The molecule has 1 aliphatic heterocycles. The summed E-state index contributed by atoms with van der Waals surface area (Å²) in [5.41, 5.74) is 2.65. The summed E-state index contributed by atoms with van der Waals surface area (Å²) < 4.78 is 1.17. The summed E-state index contributed by atoms with van der Waals surface area (Å²) in [7, 11) is 0. The van der Waals surface area contributed by atoms with Gasteiger partial charge >= 0.3 is 0 Å². The zero-order chi connectivity index (χ0) is 14.0. The van der Waals surface area contributed by atoms with Gasteiger partial charge in [-0.15, -0.1) is 0 Å². The van der Waals surface area contributed by atoms with Gasteiger partial charge < -0.3 is 10.0 Å². The SMILES string of the molecule is Cc1ccc(N2CCCC(CCO)C2(C)C)c(Br)c1. The van der Waals surface area contributed by atoms with Crippen molar-refractivity contribution >= 4 is 21.6 Å². The van der Waals surface area contributed by atoms with Crippen molar-refractivity contribution in [2.75, 3.05) is 18.1 Å². The second-order valence-corrected chi connectivity index (χ2v) is 6.97. The summed E-state index contributed by atoms with van der Waals surface area (Å²) in [6, 6.07) is 6.56. The lowest BCUT2D eigenvalue weighted by atomic mass is 9.77. The van der Waals surface area contributed by atoms with Crippen LogP contribution in [-0.2, 0) is 0 Å². The normalized spacial score (nSPS) is 22.6. The van der Waals surface area contributed by atoms with Gasteiger partial charge in [0.05, 0.1) is 5.69 Å². The van der Waals surface area contributed by atoms with Gasteiger partial charge in [-0.2, -0.15) is 0 Å². The first-order chi connectivity index (χ1) is 8.96. The Balaban J connectivity index is 2.32. The Hall–Kier alpha value is -0.540. The number of piperidine rings is 1. The van der Waals surface area contributed by atoms with E-state index < -0.39 is 0 Å². The molecule has 0 amide bonds. The van der Waals surface area contributed by atoms with Crippen LogP contribution >= 0.6 is 15.9 Å². The zero-order valence-electron chi connectivity index (χ0n) is 12.1. The molecule has 1 unspecified atom stereocenters. The average Bonchev–Trinajstić information content (AvgIpc) is 2.33. The molecule has 2 rings (SSSR count). The van der Waals surface area contributed by atoms with E-state index in [1.54, 1.807) is 0 Å². The Morgan fingerprint density at radius 3 is 2.79 bits per heavy atom. The van der Waals surface area contributed by atoms with E-state index in [1.807, 2.05) is 0 Å². The van der Waals surface area contributed by atoms with Crippen LogP contribution in [0.3, 0.4) is 0 Å². The minimum Gasteiger partial charge on any atom is -0.396 e. The maximum Gasteiger partial charge on any atom is 0.0515 e. The number of rotatable bonds is 3. The fourth-order valence-corrected chi connectivity index (χ4v) is 3.98. The summed E-state index contributed by atoms with van der Waals surface area (Å²) in [6.45, 7) is 8.11. The molecule has 1 aliphatic rings. The van der Waals surface area contributed by atoms with Crippen molar-refractivity contribution in [3.63, 3.8) is 0 Å². The molecule has 3 heteroatoms. The first-order valence-corrected chi connectivity index (χ1v) is 7.90. The number of anilines is 1. The third kappa shape index (κ3) is 2.97. The van der Waals surface area contributed by atoms with Crippen LogP contribution < -0.4 is 4.90 Å². The van der Waals surface area contributed by atoms with E-state index in [0.29, 0.717) is 5.92 Å². The van der Waals surface area contributed by atoms with E-state index in [9.17, 15) is 5.11 Å². The van der Waals surface area contributed by atoms with Gasteiger partial charge in [0.2, 0.25) is 0 Å². The van der Waals surface area contributed by atoms with Gasteiger partial charge in [0.25, 0.3) is 0 Å². The average molecular weight is 326 g/mol. The van der Waals surface area contributed by atoms with Gasteiger partial charge in [-0.25, -0.2) is 0 Å². The first-order valence-electron chi connectivity index (χ1n) is 7.11. The van der Waals surface area contributed by atoms with Crippen LogP contribution in [0.4, 0.5) is 5.69 Å². The summed E-state index contributed by atoms with van der Waals surface area (Å²) in [4.78, 5) is 2.50. The summed E-state index contributed by atoms with van der Waals surface area (Å²) in [5.74, 6) is 0.555. The lowest BCUT2D eigenvalue weighted by Crippen LogP contribution is -2.53. The molecule has 0 radical (unpaired) electrons. The predicted molar refractivity (Wildman–Crippen MR) is 84.7 cm³/mol. The molecular weight excluding hydrogens is 302 g/mol. The number of benzene rings is 1. The fraction of sp³-hybridized carbons (Fsp3) is 0.625. The lowest BCUT2D eigenvalue weighted by Gasteiger charge is -2.50. The number of aliphatic hydroxyl groups is 1. The minimum atomic E-state index is 0.0960. The van der Waals surface area contributed by atoms with Crippen LogP contribution in [0.2, 0.25) is 0 Å². The number of halogens is 1.